The number of aryl methyl sites for hydroxylation is 2. The van der Waals surface area contributed by atoms with Crippen LogP contribution in [0.5, 0.6) is 0 Å². The zero-order valence-electron chi connectivity index (χ0n) is 19.5. The third kappa shape index (κ3) is 4.96. The number of aliphatic hydroxyl groups is 1. The molecule has 7 heteroatoms. The predicted octanol–water partition coefficient (Wildman–Crippen LogP) is 7.86. The summed E-state index contributed by atoms with van der Waals surface area (Å²) >= 11 is 11.1. The van der Waals surface area contributed by atoms with Gasteiger partial charge in [0.15, 0.2) is 0 Å². The second-order valence-corrected chi connectivity index (χ2v) is 11.0. The van der Waals surface area contributed by atoms with Crippen LogP contribution in [0.2, 0.25) is 0 Å². The second kappa shape index (κ2) is 11.0. The van der Waals surface area contributed by atoms with Crippen LogP contribution < -0.4 is 4.90 Å². The molecule has 0 aliphatic carbocycles. The summed E-state index contributed by atoms with van der Waals surface area (Å²) in [5.41, 5.74) is 7.12. The largest absolute Gasteiger partial charge is 0.400 e. The Balaban J connectivity index is 0.00000141. The van der Waals surface area contributed by atoms with Gasteiger partial charge in [-0.2, -0.15) is 0 Å². The van der Waals surface area contributed by atoms with Gasteiger partial charge in [0.2, 0.25) is 0 Å². The molecule has 3 heterocycles. The molecule has 4 nitrogen and oxygen atoms in total. The third-order valence-corrected chi connectivity index (χ3v) is 8.93. The monoisotopic (exact) mass is 627 g/mol. The Kier molecular flexibility index (Phi) is 8.86. The minimum atomic E-state index is 0.883. The number of pyridine rings is 1. The van der Waals surface area contributed by atoms with E-state index < -0.39 is 0 Å². The van der Waals surface area contributed by atoms with Gasteiger partial charge in [-0.05, 0) is 111 Å². The van der Waals surface area contributed by atoms with Crippen molar-refractivity contribution in [3.63, 3.8) is 0 Å². The summed E-state index contributed by atoms with van der Waals surface area (Å²) in [4.78, 5) is 7.60. The summed E-state index contributed by atoms with van der Waals surface area (Å²) in [6.45, 7) is 11.1. The Morgan fingerprint density at radius 3 is 2.19 bits per heavy atom. The molecular formula is C25H32Br3N3O. The van der Waals surface area contributed by atoms with Crippen LogP contribution in [0, 0.1) is 26.7 Å². The highest BCUT2D eigenvalue weighted by molar-refractivity contribution is 9.13. The van der Waals surface area contributed by atoms with E-state index >= 15 is 0 Å². The van der Waals surface area contributed by atoms with Gasteiger partial charge in [0.1, 0.15) is 5.65 Å². The summed E-state index contributed by atoms with van der Waals surface area (Å²) in [7, 11) is 1.00. The van der Waals surface area contributed by atoms with Gasteiger partial charge >= 0.3 is 0 Å². The van der Waals surface area contributed by atoms with Crippen LogP contribution in [0.25, 0.3) is 16.7 Å². The minimum absolute atomic E-state index is 0.883. The highest BCUT2D eigenvalue weighted by atomic mass is 79.9. The summed E-state index contributed by atoms with van der Waals surface area (Å²) in [6.07, 6.45) is 5.24. The maximum Gasteiger partial charge on any atom is 0.147 e. The fourth-order valence-corrected chi connectivity index (χ4v) is 6.27. The molecule has 0 bridgehead atoms. The Morgan fingerprint density at radius 1 is 0.938 bits per heavy atom. The first kappa shape index (κ1) is 25.7. The number of nitrogens with zero attached hydrogens (tertiary/aromatic N) is 3. The first-order valence-electron chi connectivity index (χ1n) is 11.2. The second-order valence-electron chi connectivity index (χ2n) is 8.46. The predicted molar refractivity (Wildman–Crippen MR) is 146 cm³/mol. The van der Waals surface area contributed by atoms with Crippen molar-refractivity contribution in [3.05, 3.63) is 48.6 Å². The number of hydrogen-bond acceptors (Lipinski definition) is 3. The number of halogens is 3. The quantitative estimate of drug-likeness (QED) is 0.299. The van der Waals surface area contributed by atoms with Gasteiger partial charge in [0, 0.05) is 56.1 Å². The Hall–Kier alpha value is -0.890. The number of aromatic nitrogens is 2. The number of fused-ring (bicyclic) bond motifs is 1. The normalized spacial score (nSPS) is 14.6. The van der Waals surface area contributed by atoms with E-state index in [1.165, 1.54) is 48.0 Å². The summed E-state index contributed by atoms with van der Waals surface area (Å²) in [5.74, 6) is 0.883. The molecule has 1 aromatic carbocycles. The van der Waals surface area contributed by atoms with Crippen molar-refractivity contribution in [2.75, 3.05) is 25.1 Å². The van der Waals surface area contributed by atoms with Crippen LogP contribution in [0.15, 0.2) is 31.6 Å². The van der Waals surface area contributed by atoms with Gasteiger partial charge in [-0.25, -0.2) is 4.98 Å². The zero-order chi connectivity index (χ0) is 23.6. The molecule has 0 spiro atoms. The van der Waals surface area contributed by atoms with E-state index in [0.717, 1.165) is 56.6 Å². The maximum absolute atomic E-state index is 7.00. The Labute approximate surface area is 216 Å². The van der Waals surface area contributed by atoms with Gasteiger partial charge in [-0.1, -0.05) is 19.8 Å². The molecule has 1 saturated heterocycles. The summed E-state index contributed by atoms with van der Waals surface area (Å²) in [5, 5.41) is 8.29. The van der Waals surface area contributed by atoms with Crippen molar-refractivity contribution >= 4 is 64.5 Å². The molecule has 0 radical (unpaired) electrons. The smallest absolute Gasteiger partial charge is 0.147 e. The van der Waals surface area contributed by atoms with E-state index in [2.05, 4.69) is 103 Å². The molecule has 0 saturated carbocycles. The fourth-order valence-electron chi connectivity index (χ4n) is 4.77. The van der Waals surface area contributed by atoms with Crippen LogP contribution in [0.1, 0.15) is 49.6 Å². The van der Waals surface area contributed by atoms with Gasteiger partial charge in [-0.3, -0.25) is 4.57 Å². The zero-order valence-corrected chi connectivity index (χ0v) is 24.2. The molecule has 1 aliphatic heterocycles. The van der Waals surface area contributed by atoms with Crippen molar-refractivity contribution < 1.29 is 5.11 Å². The standard InChI is InChI=1S/C24H28Br3N3.CH4O/c1-5-6-17-7-9-29(10-8-17)22-11-14(2)28-24-23(22)15(3)16(4)30(24)21-13-19(26)18(25)12-20(21)27;1-2/h11-13,17H,5-10H2,1-4H3;2H,1H3. The van der Waals surface area contributed by atoms with Crippen molar-refractivity contribution in [1.82, 2.24) is 9.55 Å². The SMILES string of the molecule is CCCC1CCN(c2cc(C)nc3c2c(C)c(C)n3-c2cc(Br)c(Br)cc2Br)CC1.CO. The van der Waals surface area contributed by atoms with Crippen LogP contribution in [-0.2, 0) is 0 Å². The van der Waals surface area contributed by atoms with E-state index in [-0.39, 0.29) is 0 Å². The maximum atomic E-state index is 7.00. The van der Waals surface area contributed by atoms with E-state index in [0.29, 0.717) is 0 Å². The van der Waals surface area contributed by atoms with Crippen LogP contribution in [-0.4, -0.2) is 34.9 Å². The van der Waals surface area contributed by atoms with E-state index in [1.54, 1.807) is 0 Å². The number of anilines is 1. The highest BCUT2D eigenvalue weighted by Gasteiger charge is 2.25. The molecule has 4 rings (SSSR count). The molecule has 1 aliphatic rings. The lowest BCUT2D eigenvalue weighted by molar-refractivity contribution is 0.379. The topological polar surface area (TPSA) is 41.3 Å². The lowest BCUT2D eigenvalue weighted by Gasteiger charge is -2.34. The summed E-state index contributed by atoms with van der Waals surface area (Å²) < 4.78 is 5.41. The summed E-state index contributed by atoms with van der Waals surface area (Å²) in [6, 6.07) is 6.53. The molecule has 1 fully saturated rings. The number of hydrogen-bond donors (Lipinski definition) is 1. The number of piperidine rings is 1. The van der Waals surface area contributed by atoms with E-state index in [9.17, 15) is 0 Å². The van der Waals surface area contributed by atoms with Gasteiger partial charge in [0.05, 0.1) is 5.69 Å². The molecular weight excluding hydrogens is 598 g/mol. The number of rotatable bonds is 4. The molecule has 32 heavy (non-hydrogen) atoms. The first-order chi connectivity index (χ1) is 15.3. The average Bonchev–Trinajstić information content (AvgIpc) is 3.02. The molecule has 0 atom stereocenters. The third-order valence-electron chi connectivity index (χ3n) is 6.46. The Bertz CT molecular complexity index is 1100. The van der Waals surface area contributed by atoms with Gasteiger partial charge in [0.25, 0.3) is 0 Å². The lowest BCUT2D eigenvalue weighted by atomic mass is 9.92. The Morgan fingerprint density at radius 2 is 1.56 bits per heavy atom. The molecule has 174 valence electrons. The molecule has 0 amide bonds. The van der Waals surface area contributed by atoms with E-state index in [1.807, 2.05) is 0 Å². The van der Waals surface area contributed by atoms with Gasteiger partial charge in [-0.15, -0.1) is 0 Å². The fraction of sp³-hybridized carbons (Fsp3) is 0.480. The van der Waals surface area contributed by atoms with E-state index in [4.69, 9.17) is 10.1 Å². The molecule has 2 aromatic heterocycles. The number of aliphatic hydroxyl groups excluding tert-OH is 1. The number of benzene rings is 1. The highest BCUT2D eigenvalue weighted by Crippen LogP contribution is 2.40. The van der Waals surface area contributed by atoms with Crippen LogP contribution in [0.4, 0.5) is 5.69 Å². The molecule has 0 unspecified atom stereocenters. The van der Waals surface area contributed by atoms with Crippen molar-refractivity contribution in [2.45, 2.75) is 53.4 Å². The molecule has 3 aromatic rings. The van der Waals surface area contributed by atoms with Crippen molar-refractivity contribution in [3.8, 4) is 5.69 Å². The van der Waals surface area contributed by atoms with Crippen molar-refractivity contribution in [2.24, 2.45) is 5.92 Å². The van der Waals surface area contributed by atoms with Crippen molar-refractivity contribution in [1.29, 1.82) is 0 Å². The lowest BCUT2D eigenvalue weighted by Crippen LogP contribution is -2.33. The van der Waals surface area contributed by atoms with Crippen LogP contribution in [0.3, 0.4) is 0 Å². The molecule has 1 N–H and O–H groups in total. The average molecular weight is 630 g/mol. The minimum Gasteiger partial charge on any atom is -0.400 e. The van der Waals surface area contributed by atoms with Gasteiger partial charge < -0.3 is 10.0 Å². The van der Waals surface area contributed by atoms with Crippen LogP contribution >= 0.6 is 47.8 Å². The first-order valence-corrected chi connectivity index (χ1v) is 13.5.